The summed E-state index contributed by atoms with van der Waals surface area (Å²) in [5, 5.41) is 0. The largest absolute Gasteiger partial charge is 0.482 e. The van der Waals surface area contributed by atoms with Gasteiger partial charge in [0.2, 0.25) is 0 Å². The molecule has 0 saturated carbocycles. The van der Waals surface area contributed by atoms with E-state index < -0.39 is 5.97 Å². The van der Waals surface area contributed by atoms with E-state index in [0.29, 0.717) is 16.3 Å². The molecule has 1 aromatic carbocycles. The molecule has 1 heterocycles. The summed E-state index contributed by atoms with van der Waals surface area (Å²) in [5.41, 5.74) is 0.548. The fourth-order valence-corrected chi connectivity index (χ4v) is 1.90. The lowest BCUT2D eigenvalue weighted by Crippen LogP contribution is -2.42. The van der Waals surface area contributed by atoms with Crippen LogP contribution in [0.3, 0.4) is 0 Å². The lowest BCUT2D eigenvalue weighted by molar-refractivity contribution is -0.142. The minimum absolute atomic E-state index is 0.0711. The molecule has 0 aromatic heterocycles. The van der Waals surface area contributed by atoms with Crippen molar-refractivity contribution in [2.45, 2.75) is 11.8 Å². The molecule has 0 radical (unpaired) electrons. The summed E-state index contributed by atoms with van der Waals surface area (Å²) in [5.74, 6) is -0.144. The second-order valence-corrected chi connectivity index (χ2v) is 4.24. The molecule has 96 valence electrons. The van der Waals surface area contributed by atoms with Crippen molar-refractivity contribution >= 4 is 30.2 Å². The fraction of sp³-hybridized carbons (Fsp3) is 0.333. The van der Waals surface area contributed by atoms with Gasteiger partial charge in [0.15, 0.2) is 6.61 Å². The molecule has 0 unspecified atom stereocenters. The van der Waals surface area contributed by atoms with Crippen LogP contribution >= 0.6 is 12.6 Å². The molecule has 1 aromatic rings. The van der Waals surface area contributed by atoms with Gasteiger partial charge >= 0.3 is 5.97 Å². The zero-order chi connectivity index (χ0) is 13.1. The number of benzene rings is 1. The number of thiol groups is 1. The minimum Gasteiger partial charge on any atom is -0.482 e. The number of carbonyl (C=O) groups is 2. The van der Waals surface area contributed by atoms with Crippen molar-refractivity contribution in [1.82, 2.24) is 0 Å². The van der Waals surface area contributed by atoms with Crippen LogP contribution < -0.4 is 9.64 Å². The molecule has 6 heteroatoms. The van der Waals surface area contributed by atoms with Gasteiger partial charge in [-0.1, -0.05) is 0 Å². The Morgan fingerprint density at radius 3 is 3.06 bits per heavy atom. The highest BCUT2D eigenvalue weighted by Gasteiger charge is 2.27. The molecule has 0 bridgehead atoms. The quantitative estimate of drug-likeness (QED) is 0.662. The Kier molecular flexibility index (Phi) is 3.76. The fourth-order valence-electron chi connectivity index (χ4n) is 1.70. The number of hydrogen-bond acceptors (Lipinski definition) is 5. The number of anilines is 1. The molecule has 0 aliphatic carbocycles. The number of esters is 1. The molecule has 0 fully saturated rings. The second-order valence-electron chi connectivity index (χ2n) is 3.73. The van der Waals surface area contributed by atoms with Crippen LogP contribution in [0.2, 0.25) is 0 Å². The highest BCUT2D eigenvalue weighted by atomic mass is 32.1. The van der Waals surface area contributed by atoms with E-state index in [1.54, 1.807) is 25.1 Å². The number of fused-ring (bicyclic) bond motifs is 1. The first-order chi connectivity index (χ1) is 8.61. The van der Waals surface area contributed by atoms with Crippen molar-refractivity contribution in [2.75, 3.05) is 24.7 Å². The first-order valence-electron chi connectivity index (χ1n) is 5.53. The molecule has 2 rings (SSSR count). The average molecular weight is 267 g/mol. The summed E-state index contributed by atoms with van der Waals surface area (Å²) < 4.78 is 10.1. The summed E-state index contributed by atoms with van der Waals surface area (Å²) in [4.78, 5) is 25.3. The molecule has 1 amide bonds. The van der Waals surface area contributed by atoms with Gasteiger partial charge in [-0.05, 0) is 25.1 Å². The van der Waals surface area contributed by atoms with E-state index in [9.17, 15) is 9.59 Å². The van der Waals surface area contributed by atoms with Crippen LogP contribution in [-0.4, -0.2) is 31.6 Å². The highest BCUT2D eigenvalue weighted by Crippen LogP contribution is 2.33. The lowest BCUT2D eigenvalue weighted by atomic mass is 10.2. The SMILES string of the molecule is CCOC(=O)CN1C(=O)COc2ccc(S)cc21. The molecule has 5 nitrogen and oxygen atoms in total. The van der Waals surface area contributed by atoms with Gasteiger partial charge in [-0.15, -0.1) is 12.6 Å². The first kappa shape index (κ1) is 12.8. The highest BCUT2D eigenvalue weighted by molar-refractivity contribution is 7.80. The van der Waals surface area contributed by atoms with Crippen molar-refractivity contribution in [3.05, 3.63) is 18.2 Å². The summed E-state index contributed by atoms with van der Waals surface area (Å²) in [6.45, 7) is 1.83. The van der Waals surface area contributed by atoms with Gasteiger partial charge < -0.3 is 9.47 Å². The number of rotatable bonds is 3. The van der Waals surface area contributed by atoms with Gasteiger partial charge in [-0.3, -0.25) is 14.5 Å². The predicted molar refractivity (Wildman–Crippen MR) is 68.2 cm³/mol. The topological polar surface area (TPSA) is 55.8 Å². The number of ether oxygens (including phenoxy) is 2. The molecule has 0 N–H and O–H groups in total. The van der Waals surface area contributed by atoms with Crippen LogP contribution in [0, 0.1) is 0 Å². The Morgan fingerprint density at radius 2 is 2.33 bits per heavy atom. The Balaban J connectivity index is 2.27. The van der Waals surface area contributed by atoms with Gasteiger partial charge in [0.05, 0.1) is 12.3 Å². The van der Waals surface area contributed by atoms with Gasteiger partial charge in [0.25, 0.3) is 5.91 Å². The number of amides is 1. The van der Waals surface area contributed by atoms with Crippen molar-refractivity contribution in [2.24, 2.45) is 0 Å². The predicted octanol–water partition coefficient (Wildman–Crippen LogP) is 1.26. The van der Waals surface area contributed by atoms with Crippen LogP contribution in [0.15, 0.2) is 23.1 Å². The molecular weight excluding hydrogens is 254 g/mol. The maximum Gasteiger partial charge on any atom is 0.326 e. The van der Waals surface area contributed by atoms with Crippen molar-refractivity contribution in [1.29, 1.82) is 0 Å². The Bertz CT molecular complexity index is 489. The minimum atomic E-state index is -0.441. The van der Waals surface area contributed by atoms with Gasteiger partial charge in [-0.2, -0.15) is 0 Å². The van der Waals surface area contributed by atoms with E-state index >= 15 is 0 Å². The zero-order valence-electron chi connectivity index (χ0n) is 9.88. The third-order valence-corrected chi connectivity index (χ3v) is 2.76. The van der Waals surface area contributed by atoms with E-state index in [4.69, 9.17) is 9.47 Å². The van der Waals surface area contributed by atoms with Crippen LogP contribution in [0.25, 0.3) is 0 Å². The van der Waals surface area contributed by atoms with E-state index in [1.165, 1.54) is 4.90 Å². The second kappa shape index (κ2) is 5.30. The molecule has 0 atom stereocenters. The maximum atomic E-state index is 11.8. The molecule has 1 aliphatic rings. The van der Waals surface area contributed by atoms with Crippen molar-refractivity contribution < 1.29 is 19.1 Å². The standard InChI is InChI=1S/C12H13NO4S/c1-2-16-12(15)6-13-9-5-8(18)3-4-10(9)17-7-11(13)14/h3-5,18H,2,6-7H2,1H3. The Labute approximate surface area is 110 Å². The first-order valence-corrected chi connectivity index (χ1v) is 5.98. The third-order valence-electron chi connectivity index (χ3n) is 2.48. The number of nitrogens with zero attached hydrogens (tertiary/aromatic N) is 1. The Morgan fingerprint density at radius 1 is 1.56 bits per heavy atom. The van der Waals surface area contributed by atoms with Gasteiger partial charge in [0, 0.05) is 4.90 Å². The van der Waals surface area contributed by atoms with Crippen molar-refractivity contribution in [3.8, 4) is 5.75 Å². The summed E-state index contributed by atoms with van der Waals surface area (Å²) >= 11 is 4.21. The number of hydrogen-bond donors (Lipinski definition) is 1. The average Bonchev–Trinajstić information content (AvgIpc) is 2.33. The van der Waals surface area contributed by atoms with Gasteiger partial charge in [-0.25, -0.2) is 0 Å². The van der Waals surface area contributed by atoms with E-state index in [-0.39, 0.29) is 25.7 Å². The molecule has 1 aliphatic heterocycles. The number of carbonyl (C=O) groups excluding carboxylic acids is 2. The van der Waals surface area contributed by atoms with E-state index in [0.717, 1.165) is 0 Å². The monoisotopic (exact) mass is 267 g/mol. The third kappa shape index (κ3) is 2.59. The smallest absolute Gasteiger partial charge is 0.326 e. The van der Waals surface area contributed by atoms with Gasteiger partial charge in [0.1, 0.15) is 12.3 Å². The van der Waals surface area contributed by atoms with E-state index in [1.807, 2.05) is 0 Å². The lowest BCUT2D eigenvalue weighted by Gasteiger charge is -2.28. The van der Waals surface area contributed by atoms with Crippen LogP contribution in [0.1, 0.15) is 6.92 Å². The summed E-state index contributed by atoms with van der Waals surface area (Å²) in [6, 6.07) is 5.18. The van der Waals surface area contributed by atoms with Crippen LogP contribution in [0.5, 0.6) is 5.75 Å². The molecule has 18 heavy (non-hydrogen) atoms. The Hall–Kier alpha value is -1.69. The van der Waals surface area contributed by atoms with Crippen LogP contribution in [0.4, 0.5) is 5.69 Å². The van der Waals surface area contributed by atoms with E-state index in [2.05, 4.69) is 12.6 Å². The zero-order valence-corrected chi connectivity index (χ0v) is 10.8. The summed E-state index contributed by atoms with van der Waals surface area (Å²) in [6.07, 6.45) is 0. The molecular formula is C12H13NO4S. The summed E-state index contributed by atoms with van der Waals surface area (Å²) in [7, 11) is 0. The molecule has 0 spiro atoms. The molecule has 0 saturated heterocycles. The maximum absolute atomic E-state index is 11.8. The van der Waals surface area contributed by atoms with Crippen LogP contribution in [-0.2, 0) is 14.3 Å². The normalized spacial score (nSPS) is 13.9. The van der Waals surface area contributed by atoms with Crippen molar-refractivity contribution in [3.63, 3.8) is 0 Å².